The van der Waals surface area contributed by atoms with E-state index in [0.717, 1.165) is 5.56 Å². The van der Waals surface area contributed by atoms with Crippen LogP contribution in [0.4, 0.5) is 0 Å². The number of aromatic nitrogens is 1. The first kappa shape index (κ1) is 9.16. The quantitative estimate of drug-likeness (QED) is 0.725. The molecule has 3 heteroatoms. The fraction of sp³-hybridized carbons (Fsp3) is 0.444. The Balaban J connectivity index is 2.95. The highest BCUT2D eigenvalue weighted by Gasteiger charge is 2.23. The van der Waals surface area contributed by atoms with Gasteiger partial charge >= 0.3 is 0 Å². The van der Waals surface area contributed by atoms with Crippen molar-refractivity contribution in [3.8, 4) is 0 Å². The standard InChI is InChI=1S/C9H14N2O/c1-9(7-10,12-2)8-3-5-11-6-4-8/h3-6H,7,10H2,1-2H3. The largest absolute Gasteiger partial charge is 0.372 e. The first-order chi connectivity index (χ1) is 5.73. The Morgan fingerprint density at radius 1 is 1.50 bits per heavy atom. The van der Waals surface area contributed by atoms with Crippen molar-refractivity contribution in [2.45, 2.75) is 12.5 Å². The van der Waals surface area contributed by atoms with Crippen molar-refractivity contribution >= 4 is 0 Å². The molecule has 2 N–H and O–H groups in total. The highest BCUT2D eigenvalue weighted by Crippen LogP contribution is 2.21. The van der Waals surface area contributed by atoms with E-state index in [9.17, 15) is 0 Å². The first-order valence-electron chi connectivity index (χ1n) is 3.88. The molecule has 1 heterocycles. The van der Waals surface area contributed by atoms with Crippen molar-refractivity contribution in [1.29, 1.82) is 0 Å². The Morgan fingerprint density at radius 3 is 2.50 bits per heavy atom. The lowest BCUT2D eigenvalue weighted by atomic mass is 9.97. The second-order valence-corrected chi connectivity index (χ2v) is 2.87. The monoisotopic (exact) mass is 166 g/mol. The molecule has 0 spiro atoms. The van der Waals surface area contributed by atoms with Crippen LogP contribution in [0.15, 0.2) is 24.5 Å². The van der Waals surface area contributed by atoms with E-state index in [0.29, 0.717) is 6.54 Å². The SMILES string of the molecule is COC(C)(CN)c1ccncc1. The van der Waals surface area contributed by atoms with Gasteiger partial charge < -0.3 is 10.5 Å². The summed E-state index contributed by atoms with van der Waals surface area (Å²) in [6, 6.07) is 3.83. The lowest BCUT2D eigenvalue weighted by molar-refractivity contribution is 0.0100. The molecule has 0 saturated heterocycles. The van der Waals surface area contributed by atoms with Crippen LogP contribution in [0.3, 0.4) is 0 Å². The van der Waals surface area contributed by atoms with Crippen LogP contribution in [-0.2, 0) is 10.3 Å². The Bertz CT molecular complexity index is 232. The molecule has 12 heavy (non-hydrogen) atoms. The molecular formula is C9H14N2O. The van der Waals surface area contributed by atoms with Gasteiger partial charge in [0.05, 0.1) is 0 Å². The van der Waals surface area contributed by atoms with Crippen LogP contribution in [0.25, 0.3) is 0 Å². The maximum Gasteiger partial charge on any atom is 0.102 e. The number of methoxy groups -OCH3 is 1. The second kappa shape index (κ2) is 3.65. The zero-order chi connectivity index (χ0) is 9.03. The molecule has 0 aliphatic rings. The molecule has 3 nitrogen and oxygen atoms in total. The molecular weight excluding hydrogens is 152 g/mol. The third-order valence-corrected chi connectivity index (χ3v) is 2.13. The van der Waals surface area contributed by atoms with Gasteiger partial charge in [0.15, 0.2) is 0 Å². The zero-order valence-electron chi connectivity index (χ0n) is 7.45. The van der Waals surface area contributed by atoms with E-state index in [2.05, 4.69) is 4.98 Å². The topological polar surface area (TPSA) is 48.1 Å². The summed E-state index contributed by atoms with van der Waals surface area (Å²) in [5, 5.41) is 0. The van der Waals surface area contributed by atoms with Crippen molar-refractivity contribution in [2.24, 2.45) is 5.73 Å². The van der Waals surface area contributed by atoms with Gasteiger partial charge in [-0.15, -0.1) is 0 Å². The number of rotatable bonds is 3. The number of hydrogen-bond acceptors (Lipinski definition) is 3. The van der Waals surface area contributed by atoms with E-state index in [1.54, 1.807) is 19.5 Å². The summed E-state index contributed by atoms with van der Waals surface area (Å²) in [6.45, 7) is 2.43. The van der Waals surface area contributed by atoms with Crippen LogP contribution in [0.5, 0.6) is 0 Å². The number of nitrogens with two attached hydrogens (primary N) is 1. The Labute approximate surface area is 72.6 Å². The molecule has 0 radical (unpaired) electrons. The van der Waals surface area contributed by atoms with Crippen LogP contribution in [0.2, 0.25) is 0 Å². The zero-order valence-corrected chi connectivity index (χ0v) is 7.45. The summed E-state index contributed by atoms with van der Waals surface area (Å²) in [4.78, 5) is 3.93. The molecule has 0 saturated carbocycles. The van der Waals surface area contributed by atoms with Crippen molar-refractivity contribution in [1.82, 2.24) is 4.98 Å². The summed E-state index contributed by atoms with van der Waals surface area (Å²) in [5.41, 5.74) is 6.28. The second-order valence-electron chi connectivity index (χ2n) is 2.87. The smallest absolute Gasteiger partial charge is 0.102 e. The molecule has 1 unspecified atom stereocenters. The van der Waals surface area contributed by atoms with E-state index < -0.39 is 0 Å². The van der Waals surface area contributed by atoms with Crippen molar-refractivity contribution in [3.05, 3.63) is 30.1 Å². The molecule has 1 rings (SSSR count). The molecule has 0 bridgehead atoms. The van der Waals surface area contributed by atoms with Crippen LogP contribution in [0, 0.1) is 0 Å². The van der Waals surface area contributed by atoms with Crippen LogP contribution < -0.4 is 5.73 Å². The van der Waals surface area contributed by atoms with Gasteiger partial charge in [-0.05, 0) is 24.6 Å². The summed E-state index contributed by atoms with van der Waals surface area (Å²) in [5.74, 6) is 0. The fourth-order valence-corrected chi connectivity index (χ4v) is 1.02. The van der Waals surface area contributed by atoms with Gasteiger partial charge in [-0.3, -0.25) is 4.98 Å². The first-order valence-corrected chi connectivity index (χ1v) is 3.88. The maximum atomic E-state index is 5.60. The summed E-state index contributed by atoms with van der Waals surface area (Å²) in [6.07, 6.45) is 3.48. The van der Waals surface area contributed by atoms with Crippen LogP contribution >= 0.6 is 0 Å². The predicted molar refractivity (Wildman–Crippen MR) is 47.7 cm³/mol. The Hall–Kier alpha value is -0.930. The third kappa shape index (κ3) is 1.62. The highest BCUT2D eigenvalue weighted by atomic mass is 16.5. The van der Waals surface area contributed by atoms with Gasteiger partial charge in [0.25, 0.3) is 0 Å². The summed E-state index contributed by atoms with van der Waals surface area (Å²) >= 11 is 0. The molecule has 1 atom stereocenters. The summed E-state index contributed by atoms with van der Waals surface area (Å²) in [7, 11) is 1.66. The minimum absolute atomic E-state index is 0.386. The summed E-state index contributed by atoms with van der Waals surface area (Å²) < 4.78 is 5.32. The van der Waals surface area contributed by atoms with Gasteiger partial charge in [-0.2, -0.15) is 0 Å². The predicted octanol–water partition coefficient (Wildman–Crippen LogP) is 0.902. The van der Waals surface area contributed by atoms with Crippen molar-refractivity contribution in [3.63, 3.8) is 0 Å². The average Bonchev–Trinajstić information content (AvgIpc) is 2.18. The highest BCUT2D eigenvalue weighted by molar-refractivity contribution is 5.18. The number of hydrogen-bond donors (Lipinski definition) is 1. The van der Waals surface area contributed by atoms with E-state index in [4.69, 9.17) is 10.5 Å². The van der Waals surface area contributed by atoms with Crippen molar-refractivity contribution in [2.75, 3.05) is 13.7 Å². The average molecular weight is 166 g/mol. The minimum atomic E-state index is -0.386. The maximum absolute atomic E-state index is 5.60. The molecule has 1 aromatic rings. The number of ether oxygens (including phenoxy) is 1. The number of pyridine rings is 1. The normalized spacial score (nSPS) is 15.6. The van der Waals surface area contributed by atoms with E-state index in [-0.39, 0.29) is 5.60 Å². The van der Waals surface area contributed by atoms with Crippen molar-refractivity contribution < 1.29 is 4.74 Å². The Kier molecular flexibility index (Phi) is 2.78. The Morgan fingerprint density at radius 2 is 2.08 bits per heavy atom. The molecule has 0 aromatic carbocycles. The molecule has 1 aromatic heterocycles. The molecule has 0 amide bonds. The van der Waals surface area contributed by atoms with Gasteiger partial charge in [-0.25, -0.2) is 0 Å². The molecule has 0 aliphatic carbocycles. The lowest BCUT2D eigenvalue weighted by Crippen LogP contribution is -2.33. The molecule has 0 aliphatic heterocycles. The van der Waals surface area contributed by atoms with Gasteiger partial charge in [0, 0.05) is 26.0 Å². The molecule has 66 valence electrons. The number of nitrogens with zero attached hydrogens (tertiary/aromatic N) is 1. The van der Waals surface area contributed by atoms with E-state index >= 15 is 0 Å². The van der Waals surface area contributed by atoms with E-state index in [1.165, 1.54) is 0 Å². The fourth-order valence-electron chi connectivity index (χ4n) is 1.02. The third-order valence-electron chi connectivity index (χ3n) is 2.13. The minimum Gasteiger partial charge on any atom is -0.372 e. The van der Waals surface area contributed by atoms with E-state index in [1.807, 2.05) is 19.1 Å². The van der Waals surface area contributed by atoms with Gasteiger partial charge in [0.1, 0.15) is 5.60 Å². The van der Waals surface area contributed by atoms with Crippen LogP contribution in [0.1, 0.15) is 12.5 Å². The van der Waals surface area contributed by atoms with Crippen LogP contribution in [-0.4, -0.2) is 18.6 Å². The molecule has 0 fully saturated rings. The van der Waals surface area contributed by atoms with Gasteiger partial charge in [-0.1, -0.05) is 0 Å². The van der Waals surface area contributed by atoms with Gasteiger partial charge in [0.2, 0.25) is 0 Å². The lowest BCUT2D eigenvalue weighted by Gasteiger charge is -2.26.